The predicted octanol–water partition coefficient (Wildman–Crippen LogP) is 2.82. The molecule has 1 aliphatic heterocycles. The van der Waals surface area contributed by atoms with E-state index >= 15 is 0 Å². The van der Waals surface area contributed by atoms with E-state index in [1.54, 1.807) is 39.8 Å². The first-order valence-corrected chi connectivity index (χ1v) is 18.0. The number of benzene rings is 1. The Bertz CT molecular complexity index is 1420. The summed E-state index contributed by atoms with van der Waals surface area (Å²) in [5, 5.41) is 7.93. The van der Waals surface area contributed by atoms with Crippen LogP contribution in [0.5, 0.6) is 0 Å². The van der Waals surface area contributed by atoms with E-state index in [1.807, 2.05) is 0 Å². The van der Waals surface area contributed by atoms with Crippen LogP contribution in [0, 0.1) is 5.41 Å². The van der Waals surface area contributed by atoms with E-state index < -0.39 is 76.4 Å². The highest BCUT2D eigenvalue weighted by Gasteiger charge is 2.48. The zero-order chi connectivity index (χ0) is 33.8. The first kappa shape index (κ1) is 35.8. The Morgan fingerprint density at radius 2 is 1.63 bits per heavy atom. The molecule has 1 aromatic carbocycles. The number of nitrogens with one attached hydrogen (secondary N) is 3. The van der Waals surface area contributed by atoms with Gasteiger partial charge in [-0.2, -0.15) is 4.31 Å². The molecule has 3 aliphatic rings. The van der Waals surface area contributed by atoms with Crippen molar-refractivity contribution in [2.75, 3.05) is 13.2 Å². The number of amides is 4. The van der Waals surface area contributed by atoms with E-state index in [9.17, 15) is 32.4 Å². The molecule has 254 valence electrons. The minimum Gasteiger partial charge on any atom is -0.446 e. The number of alkyl carbamates (subject to hydrolysis) is 1. The van der Waals surface area contributed by atoms with Crippen LogP contribution < -0.4 is 16.0 Å². The normalized spacial score (nSPS) is 20.5. The van der Waals surface area contributed by atoms with Crippen LogP contribution in [0.4, 0.5) is 4.79 Å². The van der Waals surface area contributed by atoms with Gasteiger partial charge in [0.15, 0.2) is 0 Å². The van der Waals surface area contributed by atoms with Crippen molar-refractivity contribution in [3.8, 4) is 0 Å². The maximum atomic E-state index is 14.2. The first-order valence-electron chi connectivity index (χ1n) is 15.8. The molecule has 1 unspecified atom stereocenters. The smallest absolute Gasteiger partial charge is 0.408 e. The summed E-state index contributed by atoms with van der Waals surface area (Å²) in [7, 11) is -4.17. The number of carbonyl (C=O) groups is 5. The fourth-order valence-corrected chi connectivity index (χ4v) is 7.24. The van der Waals surface area contributed by atoms with Crippen molar-refractivity contribution in [3.05, 3.63) is 28.7 Å². The number of ketones is 1. The first-order chi connectivity index (χ1) is 21.6. The van der Waals surface area contributed by atoms with Crippen molar-refractivity contribution in [2.45, 2.75) is 114 Å². The summed E-state index contributed by atoms with van der Waals surface area (Å²) in [5.74, 6) is -3.07. The van der Waals surface area contributed by atoms with Crippen LogP contribution in [0.25, 0.3) is 0 Å². The van der Waals surface area contributed by atoms with Gasteiger partial charge < -0.3 is 25.6 Å². The average Bonchev–Trinajstić information content (AvgIpc) is 3.44. The minimum absolute atomic E-state index is 0.0365. The lowest BCUT2D eigenvalue weighted by molar-refractivity contribution is -0.143. The molecule has 46 heavy (non-hydrogen) atoms. The molecule has 13 nitrogen and oxygen atoms in total. The summed E-state index contributed by atoms with van der Waals surface area (Å²) < 4.78 is 34.6. The van der Waals surface area contributed by atoms with Gasteiger partial charge >= 0.3 is 6.09 Å². The highest BCUT2D eigenvalue weighted by molar-refractivity contribution is 9.10. The van der Waals surface area contributed by atoms with E-state index in [2.05, 4.69) is 31.9 Å². The quantitative estimate of drug-likeness (QED) is 0.276. The van der Waals surface area contributed by atoms with Gasteiger partial charge in [-0.05, 0) is 74.6 Å². The van der Waals surface area contributed by atoms with Crippen molar-refractivity contribution in [1.82, 2.24) is 25.2 Å². The maximum Gasteiger partial charge on any atom is 0.408 e. The van der Waals surface area contributed by atoms with Gasteiger partial charge in [0, 0.05) is 17.1 Å². The third-order valence-corrected chi connectivity index (χ3v) is 10.7. The van der Waals surface area contributed by atoms with Crippen LogP contribution in [0.3, 0.4) is 0 Å². The molecular weight excluding hydrogens is 682 g/mol. The standard InChI is InChI=1S/C31H44BrN5O8S/c1-5-8-23(25(38)28(40)33-20-13-14-20)34-27(39)24-17-36(46(43,44)22-15-11-19(32)12-16-22)18-37(24)29(41)26(31(2,3)4)35-30(42)45-21-9-6-7-10-21/h11-12,15-16,20-21,23-24,26H,5-10,13-14,17-18H2,1-4H3,(H,33,40)(H,34,39)(H,35,42)/t23-,24-,26?/m0/s1. The number of nitrogens with zero attached hydrogens (tertiary/aromatic N) is 2. The fourth-order valence-electron chi connectivity index (χ4n) is 5.59. The number of hydrogen-bond acceptors (Lipinski definition) is 8. The maximum absolute atomic E-state index is 14.2. The second-order valence-electron chi connectivity index (χ2n) is 13.3. The van der Waals surface area contributed by atoms with Crippen LogP contribution >= 0.6 is 15.9 Å². The highest BCUT2D eigenvalue weighted by atomic mass is 79.9. The van der Waals surface area contributed by atoms with E-state index in [-0.39, 0.29) is 23.5 Å². The van der Waals surface area contributed by atoms with Crippen molar-refractivity contribution < 1.29 is 37.1 Å². The second-order valence-corrected chi connectivity index (χ2v) is 16.1. The molecule has 0 aromatic heterocycles. The number of sulfonamides is 1. The van der Waals surface area contributed by atoms with E-state index in [4.69, 9.17) is 4.74 Å². The van der Waals surface area contributed by atoms with Crippen LogP contribution in [0.15, 0.2) is 33.6 Å². The second kappa shape index (κ2) is 14.8. The Labute approximate surface area is 278 Å². The molecule has 0 radical (unpaired) electrons. The van der Waals surface area contributed by atoms with Crippen LogP contribution in [-0.2, 0) is 33.9 Å². The topological polar surface area (TPSA) is 171 Å². The van der Waals surface area contributed by atoms with Crippen LogP contribution in [0.1, 0.15) is 79.1 Å². The lowest BCUT2D eigenvalue weighted by Gasteiger charge is -2.35. The summed E-state index contributed by atoms with van der Waals surface area (Å²) >= 11 is 3.29. The van der Waals surface area contributed by atoms with Crippen LogP contribution in [-0.4, -0.2) is 90.7 Å². The predicted molar refractivity (Wildman–Crippen MR) is 172 cm³/mol. The summed E-state index contributed by atoms with van der Waals surface area (Å²) in [6.07, 6.45) is 4.53. The number of carbonyl (C=O) groups excluding carboxylic acids is 5. The summed E-state index contributed by atoms with van der Waals surface area (Å²) in [5.41, 5.74) is -0.855. The number of rotatable bonds is 12. The van der Waals surface area contributed by atoms with E-state index in [0.29, 0.717) is 10.9 Å². The molecule has 0 bridgehead atoms. The number of hydrogen-bond donors (Lipinski definition) is 3. The van der Waals surface area contributed by atoms with Gasteiger partial charge in [-0.3, -0.25) is 19.2 Å². The Hall–Kier alpha value is -3.04. The monoisotopic (exact) mass is 725 g/mol. The van der Waals surface area contributed by atoms with Gasteiger partial charge in [0.1, 0.15) is 18.2 Å². The molecule has 15 heteroatoms. The summed E-state index contributed by atoms with van der Waals surface area (Å²) in [4.78, 5) is 67.6. The van der Waals surface area contributed by atoms with Crippen molar-refractivity contribution in [1.29, 1.82) is 0 Å². The van der Waals surface area contributed by atoms with Gasteiger partial charge in [-0.1, -0.05) is 50.0 Å². The van der Waals surface area contributed by atoms with Crippen molar-refractivity contribution in [3.63, 3.8) is 0 Å². The molecule has 3 fully saturated rings. The van der Waals surface area contributed by atoms with Crippen molar-refractivity contribution in [2.24, 2.45) is 5.41 Å². The Balaban J connectivity index is 1.61. The number of halogens is 1. The number of Topliss-reactive ketones (excluding diaryl/α,β-unsaturated/α-hetero) is 1. The lowest BCUT2D eigenvalue weighted by Crippen LogP contribution is -2.59. The van der Waals surface area contributed by atoms with Gasteiger partial charge in [-0.15, -0.1) is 0 Å². The molecule has 3 atom stereocenters. The molecule has 1 saturated heterocycles. The Morgan fingerprint density at radius 1 is 1.00 bits per heavy atom. The highest BCUT2D eigenvalue weighted by Crippen LogP contribution is 2.29. The minimum atomic E-state index is -4.17. The molecule has 2 aliphatic carbocycles. The third-order valence-electron chi connectivity index (χ3n) is 8.40. The lowest BCUT2D eigenvalue weighted by atomic mass is 9.85. The molecule has 3 N–H and O–H groups in total. The zero-order valence-electron chi connectivity index (χ0n) is 26.7. The fraction of sp³-hybridized carbons (Fsp3) is 0.645. The van der Waals surface area contributed by atoms with Gasteiger partial charge in [0.05, 0.1) is 17.6 Å². The van der Waals surface area contributed by atoms with E-state index in [1.165, 1.54) is 12.1 Å². The molecule has 0 spiro atoms. The molecule has 1 aromatic rings. The van der Waals surface area contributed by atoms with Crippen molar-refractivity contribution >= 4 is 55.6 Å². The zero-order valence-corrected chi connectivity index (χ0v) is 29.1. The van der Waals surface area contributed by atoms with Gasteiger partial charge in [0.2, 0.25) is 27.6 Å². The largest absolute Gasteiger partial charge is 0.446 e. The van der Waals surface area contributed by atoms with Gasteiger partial charge in [0.25, 0.3) is 5.91 Å². The SMILES string of the molecule is CCC[C@H](NC(=O)[C@@H]1CN(S(=O)(=O)c2ccc(Br)cc2)CN1C(=O)C(NC(=O)OC1CCCC1)C(C)(C)C)C(=O)C(=O)NC1CC1. The van der Waals surface area contributed by atoms with E-state index in [0.717, 1.165) is 47.7 Å². The summed E-state index contributed by atoms with van der Waals surface area (Å²) in [6, 6.07) is 2.20. The molecule has 4 rings (SSSR count). The molecule has 2 saturated carbocycles. The average molecular weight is 727 g/mol. The third kappa shape index (κ3) is 8.85. The molecular formula is C31H44BrN5O8S. The van der Waals surface area contributed by atoms with Crippen LogP contribution in [0.2, 0.25) is 0 Å². The van der Waals surface area contributed by atoms with Gasteiger partial charge in [-0.25, -0.2) is 13.2 Å². The molecule has 4 amide bonds. The number of ether oxygens (including phenoxy) is 1. The summed E-state index contributed by atoms with van der Waals surface area (Å²) in [6.45, 7) is 6.13. The molecule has 1 heterocycles. The Kier molecular flexibility index (Phi) is 11.5. The Morgan fingerprint density at radius 3 is 2.20 bits per heavy atom.